The first-order valence-electron chi connectivity index (χ1n) is 19.9. The molecule has 4 rings (SSSR count). The first-order chi connectivity index (χ1) is 27.0. The Balaban J connectivity index is 0.981. The SMILES string of the molecule is CCCOCCOCCOCCOCCOCCNC(=O)Cc1cccc([Si](C)CC[Si](C)CCCNC(=O)OCC2c3ccccc3-c3ccccc32)c1. The molecule has 0 aromatic heterocycles. The van der Waals surface area contributed by atoms with E-state index in [9.17, 15) is 9.59 Å². The molecule has 300 valence electrons. The van der Waals surface area contributed by atoms with Crippen molar-refractivity contribution in [3.63, 3.8) is 0 Å². The van der Waals surface area contributed by atoms with Gasteiger partial charge in [0.1, 0.15) is 6.61 Å². The number of nitrogens with one attached hydrogen (secondary N) is 2. The summed E-state index contributed by atoms with van der Waals surface area (Å²) in [5.74, 6) is 0.0752. The van der Waals surface area contributed by atoms with Crippen LogP contribution in [0.15, 0.2) is 72.8 Å². The first kappa shape index (κ1) is 44.3. The number of ether oxygens (including phenoxy) is 6. The maximum absolute atomic E-state index is 12.6. The Labute approximate surface area is 332 Å². The van der Waals surface area contributed by atoms with Gasteiger partial charge in [0.25, 0.3) is 0 Å². The molecule has 1 aliphatic carbocycles. The van der Waals surface area contributed by atoms with Crippen LogP contribution in [-0.2, 0) is 39.6 Å². The molecule has 55 heavy (non-hydrogen) atoms. The van der Waals surface area contributed by atoms with E-state index in [0.29, 0.717) is 85.6 Å². The van der Waals surface area contributed by atoms with E-state index in [1.54, 1.807) is 0 Å². The average molecular weight is 791 g/mol. The smallest absolute Gasteiger partial charge is 0.407 e. The highest BCUT2D eigenvalue weighted by Gasteiger charge is 2.29. The predicted octanol–water partition coefficient (Wildman–Crippen LogP) is 6.22. The molecule has 0 spiro atoms. The maximum atomic E-state index is 12.6. The van der Waals surface area contributed by atoms with E-state index in [1.165, 1.54) is 39.5 Å². The van der Waals surface area contributed by atoms with E-state index < -0.39 is 17.6 Å². The molecule has 10 nitrogen and oxygen atoms in total. The zero-order valence-electron chi connectivity index (χ0n) is 33.2. The Morgan fingerprint density at radius 3 is 1.84 bits per heavy atom. The number of rotatable bonds is 29. The van der Waals surface area contributed by atoms with Crippen LogP contribution in [0.25, 0.3) is 11.1 Å². The normalized spacial score (nSPS) is 12.2. The summed E-state index contributed by atoms with van der Waals surface area (Å²) in [6.07, 6.45) is 2.01. The largest absolute Gasteiger partial charge is 0.449 e. The summed E-state index contributed by atoms with van der Waals surface area (Å²) in [6, 6.07) is 28.9. The lowest BCUT2D eigenvalue weighted by Gasteiger charge is -2.16. The summed E-state index contributed by atoms with van der Waals surface area (Å²) >= 11 is 0. The third kappa shape index (κ3) is 16.7. The first-order valence-corrected chi connectivity index (χ1v) is 24.6. The third-order valence-electron chi connectivity index (χ3n) is 9.51. The quantitative estimate of drug-likeness (QED) is 0.0630. The van der Waals surface area contributed by atoms with E-state index >= 15 is 0 Å². The number of hydrogen-bond donors (Lipinski definition) is 2. The third-order valence-corrected chi connectivity index (χ3v) is 14.6. The van der Waals surface area contributed by atoms with Crippen molar-refractivity contribution >= 4 is 34.8 Å². The van der Waals surface area contributed by atoms with Gasteiger partial charge in [-0.2, -0.15) is 0 Å². The van der Waals surface area contributed by atoms with Crippen molar-refractivity contribution in [2.75, 3.05) is 85.8 Å². The fraction of sp³-hybridized carbons (Fsp3) is 0.535. The van der Waals surface area contributed by atoms with Crippen molar-refractivity contribution < 1.29 is 38.0 Å². The van der Waals surface area contributed by atoms with Gasteiger partial charge in [-0.3, -0.25) is 4.79 Å². The van der Waals surface area contributed by atoms with E-state index in [4.69, 9.17) is 28.4 Å². The number of fused-ring (bicyclic) bond motifs is 3. The van der Waals surface area contributed by atoms with Crippen molar-refractivity contribution in [2.45, 2.75) is 63.3 Å². The van der Waals surface area contributed by atoms with Gasteiger partial charge >= 0.3 is 6.09 Å². The molecule has 0 saturated carbocycles. The van der Waals surface area contributed by atoms with E-state index in [2.05, 4.69) is 85.2 Å². The van der Waals surface area contributed by atoms with E-state index in [0.717, 1.165) is 31.1 Å². The number of benzene rings is 3. The summed E-state index contributed by atoms with van der Waals surface area (Å²) in [5, 5.41) is 7.30. The molecule has 0 atom stereocenters. The molecule has 0 unspecified atom stereocenters. The minimum absolute atomic E-state index is 0.00207. The molecule has 1 aliphatic rings. The van der Waals surface area contributed by atoms with Crippen molar-refractivity contribution in [2.24, 2.45) is 0 Å². The van der Waals surface area contributed by atoms with Gasteiger partial charge in [0.05, 0.1) is 74.7 Å². The number of amides is 2. The van der Waals surface area contributed by atoms with Gasteiger partial charge < -0.3 is 39.1 Å². The molecule has 3 aromatic rings. The van der Waals surface area contributed by atoms with Gasteiger partial charge in [-0.1, -0.05) is 116 Å². The molecule has 0 aliphatic heterocycles. The van der Waals surface area contributed by atoms with Crippen LogP contribution in [0.3, 0.4) is 0 Å². The van der Waals surface area contributed by atoms with Crippen molar-refractivity contribution in [1.82, 2.24) is 10.6 Å². The molecule has 3 aromatic carbocycles. The number of hydrogen-bond acceptors (Lipinski definition) is 8. The van der Waals surface area contributed by atoms with Gasteiger partial charge in [-0.25, -0.2) is 4.79 Å². The molecule has 0 fully saturated rings. The fourth-order valence-corrected chi connectivity index (χ4v) is 11.8. The number of alkyl carbamates (subject to hydrolysis) is 1. The van der Waals surface area contributed by atoms with Crippen LogP contribution in [0.5, 0.6) is 0 Å². The summed E-state index contributed by atoms with van der Waals surface area (Å²) in [4.78, 5) is 25.1. The second-order valence-corrected chi connectivity index (χ2v) is 19.4. The molecule has 0 saturated heterocycles. The second kappa shape index (κ2) is 26.5. The maximum Gasteiger partial charge on any atom is 0.407 e. The minimum Gasteiger partial charge on any atom is -0.449 e. The van der Waals surface area contributed by atoms with Crippen molar-refractivity contribution in [3.05, 3.63) is 89.5 Å². The minimum atomic E-state index is -0.710. The molecule has 0 heterocycles. The van der Waals surface area contributed by atoms with Crippen LogP contribution in [0.4, 0.5) is 4.79 Å². The predicted molar refractivity (Wildman–Crippen MR) is 223 cm³/mol. The van der Waals surface area contributed by atoms with Crippen molar-refractivity contribution in [1.29, 1.82) is 0 Å². The highest BCUT2D eigenvalue weighted by Crippen LogP contribution is 2.44. The number of carbonyl (C=O) groups is 2. The summed E-state index contributed by atoms with van der Waals surface area (Å²) in [5.41, 5.74) is 5.95. The topological polar surface area (TPSA) is 114 Å². The van der Waals surface area contributed by atoms with Crippen molar-refractivity contribution in [3.8, 4) is 11.1 Å². The molecular formula is C43H62N2O8Si2. The van der Waals surface area contributed by atoms with Gasteiger partial charge in [0, 0.05) is 34.4 Å². The Morgan fingerprint density at radius 2 is 1.22 bits per heavy atom. The molecule has 2 N–H and O–H groups in total. The van der Waals surface area contributed by atoms with E-state index in [-0.39, 0.29) is 17.9 Å². The molecule has 12 heteroatoms. The molecule has 2 radical (unpaired) electrons. The zero-order valence-corrected chi connectivity index (χ0v) is 35.2. The summed E-state index contributed by atoms with van der Waals surface area (Å²) in [7, 11) is -1.21. The van der Waals surface area contributed by atoms with Crippen LogP contribution < -0.4 is 15.8 Å². The Morgan fingerprint density at radius 1 is 0.636 bits per heavy atom. The monoisotopic (exact) mass is 790 g/mol. The highest BCUT2D eigenvalue weighted by molar-refractivity contribution is 6.73. The number of carbonyl (C=O) groups excluding carboxylic acids is 2. The van der Waals surface area contributed by atoms with E-state index in [1.807, 2.05) is 18.2 Å². The van der Waals surface area contributed by atoms with Crippen LogP contribution in [0.1, 0.15) is 42.4 Å². The Bertz CT molecular complexity index is 1500. The second-order valence-electron chi connectivity index (χ2n) is 13.9. The lowest BCUT2D eigenvalue weighted by molar-refractivity contribution is -0.120. The standard InChI is InChI=1S/C43H62N2O8Si2/c1-4-19-48-21-23-50-25-27-52-28-26-51-24-22-49-20-18-44-42(46)33-35-11-9-12-36(32-35)55(3)31-30-54(2)29-10-17-45-43(47)53-34-41-39-15-7-5-13-37(39)38-14-6-8-16-40(38)41/h5-9,11-16,32,41H,4,10,17-31,33-34H2,1-3H3,(H,44,46)(H,45,47). The van der Waals surface area contributed by atoms with Gasteiger partial charge in [0.2, 0.25) is 5.91 Å². The zero-order chi connectivity index (χ0) is 38.9. The average Bonchev–Trinajstić information content (AvgIpc) is 3.52. The van der Waals surface area contributed by atoms with Gasteiger partial charge in [0.15, 0.2) is 0 Å². The summed E-state index contributed by atoms with van der Waals surface area (Å²) in [6.45, 7) is 13.8. The summed E-state index contributed by atoms with van der Waals surface area (Å²) < 4.78 is 33.1. The van der Waals surface area contributed by atoms with Crippen LogP contribution >= 0.6 is 0 Å². The molecular weight excluding hydrogens is 729 g/mol. The molecule has 2 amide bonds. The highest BCUT2D eigenvalue weighted by atomic mass is 28.3. The fourth-order valence-electron chi connectivity index (χ4n) is 6.48. The molecule has 0 bridgehead atoms. The van der Waals surface area contributed by atoms with Crippen LogP contribution in [0.2, 0.25) is 31.2 Å². The Hall–Kier alpha value is -3.37. The van der Waals surface area contributed by atoms with Gasteiger partial charge in [-0.05, 0) is 40.7 Å². The van der Waals surface area contributed by atoms with Crippen LogP contribution in [-0.4, -0.2) is 115 Å². The Kier molecular flexibility index (Phi) is 21.4. The van der Waals surface area contributed by atoms with Gasteiger partial charge in [-0.15, -0.1) is 0 Å². The lowest BCUT2D eigenvalue weighted by atomic mass is 9.98. The van der Waals surface area contributed by atoms with Crippen LogP contribution in [0, 0.1) is 0 Å². The lowest BCUT2D eigenvalue weighted by Crippen LogP contribution is -2.31.